The molecule has 0 saturated heterocycles. The number of rotatable bonds is 1. The van der Waals surface area contributed by atoms with E-state index in [-0.39, 0.29) is 12.1 Å². The van der Waals surface area contributed by atoms with Crippen LogP contribution in [0.3, 0.4) is 0 Å². The number of hydrogen-bond acceptors (Lipinski definition) is 2. The smallest absolute Gasteiger partial charge is 0.217 e. The van der Waals surface area contributed by atoms with Gasteiger partial charge in [0.25, 0.3) is 0 Å². The molecule has 1 aromatic rings. The maximum Gasteiger partial charge on any atom is 0.217 e. The zero-order chi connectivity index (χ0) is 7.56. The van der Waals surface area contributed by atoms with Crippen LogP contribution in [0.25, 0.3) is 0 Å². The van der Waals surface area contributed by atoms with Crippen LogP contribution in [-0.2, 0) is 6.54 Å². The fraction of sp³-hybridized carbons (Fsp3) is 0.167. The first kappa shape index (κ1) is 7.08. The van der Waals surface area contributed by atoms with Gasteiger partial charge in [-0.15, -0.1) is 0 Å². The summed E-state index contributed by atoms with van der Waals surface area (Å²) in [4.78, 5) is 3.13. The summed E-state index contributed by atoms with van der Waals surface area (Å²) in [5.74, 6) is -1.27. The van der Waals surface area contributed by atoms with E-state index in [4.69, 9.17) is 5.73 Å². The van der Waals surface area contributed by atoms with Crippen LogP contribution in [0.1, 0.15) is 5.56 Å². The van der Waals surface area contributed by atoms with Gasteiger partial charge in [-0.2, -0.15) is 4.39 Å². The molecule has 0 amide bonds. The van der Waals surface area contributed by atoms with Gasteiger partial charge >= 0.3 is 0 Å². The number of aromatic nitrogens is 1. The van der Waals surface area contributed by atoms with Gasteiger partial charge in [0.15, 0.2) is 0 Å². The molecule has 4 heteroatoms. The van der Waals surface area contributed by atoms with Gasteiger partial charge in [-0.25, -0.2) is 9.37 Å². The highest BCUT2D eigenvalue weighted by atomic mass is 19.1. The van der Waals surface area contributed by atoms with Gasteiger partial charge in [-0.05, 0) is 6.07 Å². The maximum absolute atomic E-state index is 12.4. The molecule has 1 rings (SSSR count). The molecule has 0 spiro atoms. The molecule has 0 saturated carbocycles. The summed E-state index contributed by atoms with van der Waals surface area (Å²) in [6.07, 6.45) is 0.814. The third-order valence-electron chi connectivity index (χ3n) is 1.10. The molecule has 2 N–H and O–H groups in total. The lowest BCUT2D eigenvalue weighted by atomic mass is 10.3. The number of nitrogens with two attached hydrogens (primary N) is 1. The van der Waals surface area contributed by atoms with Gasteiger partial charge in [-0.3, -0.25) is 0 Å². The molecule has 1 heterocycles. The van der Waals surface area contributed by atoms with Gasteiger partial charge in [0.2, 0.25) is 5.95 Å². The van der Waals surface area contributed by atoms with Crippen LogP contribution in [0.4, 0.5) is 8.78 Å². The molecule has 10 heavy (non-hydrogen) atoms. The predicted molar refractivity (Wildman–Crippen MR) is 32.0 cm³/mol. The number of pyridine rings is 1. The minimum Gasteiger partial charge on any atom is -0.326 e. The van der Waals surface area contributed by atoms with E-state index in [0.717, 1.165) is 12.3 Å². The van der Waals surface area contributed by atoms with E-state index in [2.05, 4.69) is 4.98 Å². The van der Waals surface area contributed by atoms with E-state index in [0.29, 0.717) is 0 Å². The predicted octanol–water partition coefficient (Wildman–Crippen LogP) is 0.819. The van der Waals surface area contributed by atoms with Gasteiger partial charge in [0, 0.05) is 12.1 Å². The molecular weight excluding hydrogens is 138 g/mol. The molecule has 0 unspecified atom stereocenters. The molecule has 0 aliphatic rings. The van der Waals surface area contributed by atoms with Crippen molar-refractivity contribution in [3.05, 3.63) is 29.6 Å². The molecule has 0 radical (unpaired) electrons. The van der Waals surface area contributed by atoms with E-state index >= 15 is 0 Å². The normalized spacial score (nSPS) is 9.90. The van der Waals surface area contributed by atoms with E-state index < -0.39 is 11.8 Å². The van der Waals surface area contributed by atoms with Crippen LogP contribution in [0, 0.1) is 11.8 Å². The highest BCUT2D eigenvalue weighted by Gasteiger charge is 2.01. The third-order valence-corrected chi connectivity index (χ3v) is 1.10. The van der Waals surface area contributed by atoms with Crippen molar-refractivity contribution in [1.82, 2.24) is 4.98 Å². The first-order chi connectivity index (χ1) is 4.74. The van der Waals surface area contributed by atoms with Crippen molar-refractivity contribution in [3.8, 4) is 0 Å². The fourth-order valence-corrected chi connectivity index (χ4v) is 0.608. The van der Waals surface area contributed by atoms with Crippen molar-refractivity contribution in [2.24, 2.45) is 5.73 Å². The molecule has 0 aromatic carbocycles. The number of nitrogens with zero attached hydrogens (tertiary/aromatic N) is 1. The van der Waals surface area contributed by atoms with E-state index in [1.807, 2.05) is 0 Å². The Balaban J connectivity index is 3.09. The SMILES string of the molecule is NCc1cc(F)cnc1F. The minimum atomic E-state index is -0.705. The fourth-order valence-electron chi connectivity index (χ4n) is 0.608. The molecule has 1 aromatic heterocycles. The summed E-state index contributed by atoms with van der Waals surface area (Å²) >= 11 is 0. The van der Waals surface area contributed by atoms with Crippen LogP contribution in [-0.4, -0.2) is 4.98 Å². The summed E-state index contributed by atoms with van der Waals surface area (Å²) < 4.78 is 24.7. The molecule has 0 bridgehead atoms. The molecule has 0 aliphatic carbocycles. The van der Waals surface area contributed by atoms with E-state index in [9.17, 15) is 8.78 Å². The quantitative estimate of drug-likeness (QED) is 0.592. The summed E-state index contributed by atoms with van der Waals surface area (Å²) in [5.41, 5.74) is 5.17. The second kappa shape index (κ2) is 2.70. The van der Waals surface area contributed by atoms with Gasteiger partial charge in [0.1, 0.15) is 5.82 Å². The Hall–Kier alpha value is -1.03. The molecule has 54 valence electrons. The average Bonchev–Trinajstić information content (AvgIpc) is 1.94. The highest BCUT2D eigenvalue weighted by molar-refractivity contribution is 5.11. The van der Waals surface area contributed by atoms with E-state index in [1.54, 1.807) is 0 Å². The topological polar surface area (TPSA) is 38.9 Å². The average molecular weight is 144 g/mol. The zero-order valence-corrected chi connectivity index (χ0v) is 5.14. The molecule has 0 fully saturated rings. The van der Waals surface area contributed by atoms with Crippen LogP contribution in [0.5, 0.6) is 0 Å². The van der Waals surface area contributed by atoms with Crippen LogP contribution in [0.2, 0.25) is 0 Å². The van der Waals surface area contributed by atoms with Gasteiger partial charge in [-0.1, -0.05) is 0 Å². The molecular formula is C6H6F2N2. The van der Waals surface area contributed by atoms with Crippen molar-refractivity contribution in [1.29, 1.82) is 0 Å². The Bertz CT molecular complexity index is 237. The lowest BCUT2D eigenvalue weighted by Crippen LogP contribution is -2.02. The largest absolute Gasteiger partial charge is 0.326 e. The Labute approximate surface area is 56.7 Å². The number of hydrogen-bond donors (Lipinski definition) is 1. The van der Waals surface area contributed by atoms with Crippen molar-refractivity contribution < 1.29 is 8.78 Å². The van der Waals surface area contributed by atoms with Gasteiger partial charge < -0.3 is 5.73 Å². The highest BCUT2D eigenvalue weighted by Crippen LogP contribution is 2.04. The minimum absolute atomic E-state index is 0.0312. The lowest BCUT2D eigenvalue weighted by molar-refractivity contribution is 0.544. The standard InChI is InChI=1S/C6H6F2N2/c7-5-1-4(2-9)6(8)10-3-5/h1,3H,2,9H2. The Kier molecular flexibility index (Phi) is 1.91. The van der Waals surface area contributed by atoms with Crippen molar-refractivity contribution in [2.45, 2.75) is 6.54 Å². The number of halogens is 2. The maximum atomic E-state index is 12.4. The summed E-state index contributed by atoms with van der Waals surface area (Å²) in [5, 5.41) is 0. The van der Waals surface area contributed by atoms with Crippen molar-refractivity contribution in [3.63, 3.8) is 0 Å². The van der Waals surface area contributed by atoms with Crippen molar-refractivity contribution in [2.75, 3.05) is 0 Å². The molecule has 0 atom stereocenters. The Morgan fingerprint density at radius 3 is 2.70 bits per heavy atom. The first-order valence-electron chi connectivity index (χ1n) is 2.74. The summed E-state index contributed by atoms with van der Waals surface area (Å²) in [6.45, 7) is -0.0312. The summed E-state index contributed by atoms with van der Waals surface area (Å²) in [6, 6.07) is 1.03. The second-order valence-corrected chi connectivity index (χ2v) is 1.81. The molecule has 2 nitrogen and oxygen atoms in total. The lowest BCUT2D eigenvalue weighted by Gasteiger charge is -1.95. The molecule has 0 aliphatic heterocycles. The second-order valence-electron chi connectivity index (χ2n) is 1.81. The Morgan fingerprint density at radius 1 is 1.50 bits per heavy atom. The third kappa shape index (κ3) is 1.27. The Morgan fingerprint density at radius 2 is 2.20 bits per heavy atom. The van der Waals surface area contributed by atoms with Crippen molar-refractivity contribution >= 4 is 0 Å². The van der Waals surface area contributed by atoms with Crippen LogP contribution < -0.4 is 5.73 Å². The van der Waals surface area contributed by atoms with Crippen LogP contribution >= 0.6 is 0 Å². The van der Waals surface area contributed by atoms with Crippen LogP contribution in [0.15, 0.2) is 12.3 Å². The van der Waals surface area contributed by atoms with Gasteiger partial charge in [0.05, 0.1) is 6.20 Å². The van der Waals surface area contributed by atoms with E-state index in [1.165, 1.54) is 0 Å². The summed E-state index contributed by atoms with van der Waals surface area (Å²) in [7, 11) is 0. The monoisotopic (exact) mass is 144 g/mol. The zero-order valence-electron chi connectivity index (χ0n) is 5.14. The first-order valence-corrected chi connectivity index (χ1v) is 2.74.